The van der Waals surface area contributed by atoms with Gasteiger partial charge in [-0.3, -0.25) is 0 Å². The number of hydrogen-bond donors (Lipinski definition) is 0. The van der Waals surface area contributed by atoms with Gasteiger partial charge in [-0.1, -0.05) is 24.6 Å². The fourth-order valence-electron chi connectivity index (χ4n) is 1.77. The second-order valence-electron chi connectivity index (χ2n) is 3.23. The SMILES string of the molecule is [c]1cccc2c1CCCCC2. The van der Waals surface area contributed by atoms with E-state index in [9.17, 15) is 0 Å². The van der Waals surface area contributed by atoms with E-state index in [4.69, 9.17) is 0 Å². The maximum Gasteiger partial charge on any atom is -0.0146 e. The van der Waals surface area contributed by atoms with Crippen LogP contribution in [0, 0.1) is 6.07 Å². The van der Waals surface area contributed by atoms with Crippen LogP contribution in [0.25, 0.3) is 0 Å². The Morgan fingerprint density at radius 3 is 3.00 bits per heavy atom. The first-order valence-electron chi connectivity index (χ1n) is 4.45. The Bertz CT molecular complexity index is 213. The molecule has 0 atom stereocenters. The van der Waals surface area contributed by atoms with Crippen molar-refractivity contribution >= 4 is 0 Å². The molecule has 0 aromatic heterocycles. The predicted molar refractivity (Wildman–Crippen MR) is 46.5 cm³/mol. The van der Waals surface area contributed by atoms with E-state index >= 15 is 0 Å². The Hall–Kier alpha value is -0.780. The summed E-state index contributed by atoms with van der Waals surface area (Å²) in [7, 11) is 0. The quantitative estimate of drug-likeness (QED) is 0.492. The van der Waals surface area contributed by atoms with Gasteiger partial charge in [-0.25, -0.2) is 0 Å². The average Bonchev–Trinajstić information content (AvgIpc) is 2.28. The maximum atomic E-state index is 3.33. The molecule has 0 N–H and O–H groups in total. The van der Waals surface area contributed by atoms with Crippen LogP contribution in [0.4, 0.5) is 0 Å². The van der Waals surface area contributed by atoms with Crippen molar-refractivity contribution in [2.45, 2.75) is 32.1 Å². The van der Waals surface area contributed by atoms with Crippen molar-refractivity contribution in [2.75, 3.05) is 0 Å². The van der Waals surface area contributed by atoms with Crippen molar-refractivity contribution in [3.8, 4) is 0 Å². The summed E-state index contributed by atoms with van der Waals surface area (Å²) in [5.74, 6) is 0. The minimum atomic E-state index is 1.25. The maximum absolute atomic E-state index is 3.33. The molecule has 0 bridgehead atoms. The molecule has 1 aromatic rings. The number of benzene rings is 1. The number of aryl methyl sites for hydroxylation is 2. The van der Waals surface area contributed by atoms with Crippen LogP contribution in [0.2, 0.25) is 0 Å². The highest BCUT2D eigenvalue weighted by Crippen LogP contribution is 2.19. The van der Waals surface area contributed by atoms with Gasteiger partial charge in [0.05, 0.1) is 0 Å². The van der Waals surface area contributed by atoms with E-state index in [2.05, 4.69) is 18.2 Å². The summed E-state index contributed by atoms with van der Waals surface area (Å²) in [5.41, 5.74) is 3.00. The fraction of sp³-hybridized carbons (Fsp3) is 0.455. The van der Waals surface area contributed by atoms with E-state index in [0.29, 0.717) is 0 Å². The summed E-state index contributed by atoms with van der Waals surface area (Å²) in [4.78, 5) is 0. The summed E-state index contributed by atoms with van der Waals surface area (Å²) in [6.45, 7) is 0. The van der Waals surface area contributed by atoms with Gasteiger partial charge in [0.2, 0.25) is 0 Å². The third-order valence-corrected chi connectivity index (χ3v) is 2.41. The molecular weight excluding hydrogens is 132 g/mol. The highest BCUT2D eigenvalue weighted by molar-refractivity contribution is 5.26. The van der Waals surface area contributed by atoms with Gasteiger partial charge in [0.1, 0.15) is 0 Å². The molecule has 0 saturated carbocycles. The van der Waals surface area contributed by atoms with Crippen molar-refractivity contribution in [1.29, 1.82) is 0 Å². The van der Waals surface area contributed by atoms with Crippen LogP contribution >= 0.6 is 0 Å². The van der Waals surface area contributed by atoms with Crippen LogP contribution in [0.3, 0.4) is 0 Å². The first-order valence-corrected chi connectivity index (χ1v) is 4.45. The number of fused-ring (bicyclic) bond motifs is 1. The van der Waals surface area contributed by atoms with Gasteiger partial charge in [-0.2, -0.15) is 0 Å². The second kappa shape index (κ2) is 3.08. The zero-order chi connectivity index (χ0) is 7.52. The van der Waals surface area contributed by atoms with Gasteiger partial charge in [0.25, 0.3) is 0 Å². The molecule has 0 fully saturated rings. The smallest absolute Gasteiger partial charge is 0.0146 e. The third-order valence-electron chi connectivity index (χ3n) is 2.41. The van der Waals surface area contributed by atoms with E-state index in [0.717, 1.165) is 0 Å². The fourth-order valence-corrected chi connectivity index (χ4v) is 1.77. The Balaban J connectivity index is 2.33. The van der Waals surface area contributed by atoms with E-state index in [1.54, 1.807) is 0 Å². The molecule has 0 spiro atoms. The van der Waals surface area contributed by atoms with Gasteiger partial charge in [0, 0.05) is 0 Å². The Morgan fingerprint density at radius 1 is 1.09 bits per heavy atom. The highest BCUT2D eigenvalue weighted by atomic mass is 14.1. The molecule has 11 heavy (non-hydrogen) atoms. The Kier molecular flexibility index (Phi) is 1.93. The zero-order valence-electron chi connectivity index (χ0n) is 6.77. The average molecular weight is 145 g/mol. The van der Waals surface area contributed by atoms with Crippen molar-refractivity contribution in [3.05, 3.63) is 35.4 Å². The second-order valence-corrected chi connectivity index (χ2v) is 3.23. The molecule has 0 unspecified atom stereocenters. The number of rotatable bonds is 0. The normalized spacial score (nSPS) is 17.1. The van der Waals surface area contributed by atoms with Gasteiger partial charge in [0.15, 0.2) is 0 Å². The summed E-state index contributed by atoms with van der Waals surface area (Å²) < 4.78 is 0. The van der Waals surface area contributed by atoms with Gasteiger partial charge in [-0.05, 0) is 42.9 Å². The van der Waals surface area contributed by atoms with Crippen LogP contribution in [-0.4, -0.2) is 0 Å². The van der Waals surface area contributed by atoms with Crippen LogP contribution in [0.1, 0.15) is 30.4 Å². The molecule has 0 heteroatoms. The minimum absolute atomic E-state index is 1.25. The summed E-state index contributed by atoms with van der Waals surface area (Å²) in [5, 5.41) is 0. The van der Waals surface area contributed by atoms with Crippen molar-refractivity contribution in [1.82, 2.24) is 0 Å². The highest BCUT2D eigenvalue weighted by Gasteiger charge is 2.05. The summed E-state index contributed by atoms with van der Waals surface area (Å²) >= 11 is 0. The van der Waals surface area contributed by atoms with E-state index in [1.807, 2.05) is 6.07 Å². The lowest BCUT2D eigenvalue weighted by atomic mass is 10.0. The molecule has 2 rings (SSSR count). The lowest BCUT2D eigenvalue weighted by Crippen LogP contribution is -1.88. The zero-order valence-corrected chi connectivity index (χ0v) is 6.77. The monoisotopic (exact) mass is 145 g/mol. The molecule has 0 heterocycles. The predicted octanol–water partition coefficient (Wildman–Crippen LogP) is 2.76. The van der Waals surface area contributed by atoms with Crippen LogP contribution in [0.15, 0.2) is 18.2 Å². The lowest BCUT2D eigenvalue weighted by molar-refractivity contribution is 0.711. The van der Waals surface area contributed by atoms with Crippen molar-refractivity contribution < 1.29 is 0 Å². The molecule has 1 radical (unpaired) electrons. The van der Waals surface area contributed by atoms with Gasteiger partial charge in [-0.15, -0.1) is 0 Å². The van der Waals surface area contributed by atoms with Crippen LogP contribution in [0.5, 0.6) is 0 Å². The van der Waals surface area contributed by atoms with Crippen LogP contribution < -0.4 is 0 Å². The molecule has 0 saturated heterocycles. The molecule has 0 nitrogen and oxygen atoms in total. The topological polar surface area (TPSA) is 0 Å². The number of hydrogen-bond acceptors (Lipinski definition) is 0. The Morgan fingerprint density at radius 2 is 2.00 bits per heavy atom. The molecule has 57 valence electrons. The van der Waals surface area contributed by atoms with E-state index in [1.165, 1.54) is 43.2 Å². The molecule has 1 aliphatic carbocycles. The summed E-state index contributed by atoms with van der Waals surface area (Å²) in [6.07, 6.45) is 6.63. The van der Waals surface area contributed by atoms with E-state index < -0.39 is 0 Å². The van der Waals surface area contributed by atoms with Gasteiger partial charge >= 0.3 is 0 Å². The molecule has 1 aliphatic rings. The largest absolute Gasteiger partial charge is 0.0614 e. The molecule has 1 aromatic carbocycles. The molecular formula is C11H13. The van der Waals surface area contributed by atoms with Crippen molar-refractivity contribution in [2.24, 2.45) is 0 Å². The lowest BCUT2D eigenvalue weighted by Gasteiger charge is -2.01. The first kappa shape index (κ1) is 6.90. The van der Waals surface area contributed by atoms with Crippen molar-refractivity contribution in [3.63, 3.8) is 0 Å². The van der Waals surface area contributed by atoms with E-state index in [-0.39, 0.29) is 0 Å². The van der Waals surface area contributed by atoms with Crippen LogP contribution in [-0.2, 0) is 12.8 Å². The molecule has 0 aliphatic heterocycles. The third kappa shape index (κ3) is 1.45. The Labute approximate surface area is 68.3 Å². The first-order chi connectivity index (χ1) is 5.47. The minimum Gasteiger partial charge on any atom is -0.0614 e. The van der Waals surface area contributed by atoms with Gasteiger partial charge < -0.3 is 0 Å². The summed E-state index contributed by atoms with van der Waals surface area (Å²) in [6, 6.07) is 9.71. The standard InChI is InChI=1S/C11H13/c1-2-6-10-8-4-5-9-11(10)7-3-1/h4-5,8H,1-3,6-7H2. The molecule has 0 amide bonds.